The smallest absolute Gasteiger partial charge is 0.324 e. The molecule has 1 aliphatic heterocycles. The van der Waals surface area contributed by atoms with Gasteiger partial charge in [0.15, 0.2) is 5.82 Å². The van der Waals surface area contributed by atoms with E-state index in [-0.39, 0.29) is 12.5 Å². The Morgan fingerprint density at radius 3 is 2.78 bits per heavy atom. The molecule has 1 aromatic carbocycles. The molecule has 4 rings (SSSR count). The van der Waals surface area contributed by atoms with Crippen molar-refractivity contribution < 1.29 is 13.7 Å². The van der Waals surface area contributed by atoms with Gasteiger partial charge in [-0.3, -0.25) is 5.41 Å². The van der Waals surface area contributed by atoms with Gasteiger partial charge >= 0.3 is 6.01 Å². The molecular formula is C22H30FN7O2. The van der Waals surface area contributed by atoms with Gasteiger partial charge in [0, 0.05) is 30.6 Å². The van der Waals surface area contributed by atoms with E-state index in [0.29, 0.717) is 41.6 Å². The number of anilines is 2. The van der Waals surface area contributed by atoms with Crippen molar-refractivity contribution in [2.75, 3.05) is 29.6 Å². The zero-order valence-electron chi connectivity index (χ0n) is 18.5. The molecule has 1 saturated heterocycles. The van der Waals surface area contributed by atoms with Crippen molar-refractivity contribution in [1.82, 2.24) is 10.1 Å². The van der Waals surface area contributed by atoms with Gasteiger partial charge < -0.3 is 14.2 Å². The van der Waals surface area contributed by atoms with Gasteiger partial charge in [0.25, 0.3) is 0 Å². The molecule has 2 aromatic rings. The maximum absolute atomic E-state index is 14.3. The Morgan fingerprint density at radius 2 is 2.16 bits per heavy atom. The van der Waals surface area contributed by atoms with Gasteiger partial charge in [0.2, 0.25) is 0 Å². The van der Waals surface area contributed by atoms with Crippen LogP contribution in [0.2, 0.25) is 0 Å². The maximum Gasteiger partial charge on any atom is 0.324 e. The predicted octanol–water partition coefficient (Wildman–Crippen LogP) is 4.76. The summed E-state index contributed by atoms with van der Waals surface area (Å²) in [5.74, 6) is 2.51. The number of benzene rings is 1. The molecule has 0 radical (unpaired) electrons. The fourth-order valence-corrected chi connectivity index (χ4v) is 4.43. The Bertz CT molecular complexity index is 934. The Labute approximate surface area is 186 Å². The van der Waals surface area contributed by atoms with Crippen molar-refractivity contribution in [2.24, 2.45) is 23.0 Å². The molecule has 1 aliphatic carbocycles. The van der Waals surface area contributed by atoms with E-state index in [2.05, 4.69) is 34.1 Å². The lowest BCUT2D eigenvalue weighted by atomic mass is 9.91. The largest absolute Gasteiger partial charge is 0.376 e. The first-order chi connectivity index (χ1) is 15.5. The summed E-state index contributed by atoms with van der Waals surface area (Å²) in [5, 5.41) is 15.4. The van der Waals surface area contributed by atoms with Gasteiger partial charge in [-0.2, -0.15) is 10.5 Å². The van der Waals surface area contributed by atoms with E-state index < -0.39 is 5.82 Å². The highest BCUT2D eigenvalue weighted by Gasteiger charge is 2.43. The molecule has 172 valence electrons. The average molecular weight is 444 g/mol. The monoisotopic (exact) mass is 443 g/mol. The summed E-state index contributed by atoms with van der Waals surface area (Å²) in [7, 11) is 0. The summed E-state index contributed by atoms with van der Waals surface area (Å²) in [5.41, 5.74) is 7.81. The number of halogens is 1. The number of hydrogen-bond donors (Lipinski definition) is 2. The lowest BCUT2D eigenvalue weighted by molar-refractivity contribution is 0.102. The van der Waals surface area contributed by atoms with Crippen LogP contribution < -0.4 is 9.91 Å². The van der Waals surface area contributed by atoms with Crippen LogP contribution in [-0.4, -0.2) is 36.2 Å². The molecule has 9 nitrogen and oxygen atoms in total. The molecule has 2 aliphatic rings. The number of piperidine rings is 1. The Morgan fingerprint density at radius 1 is 1.38 bits per heavy atom. The Kier molecular flexibility index (Phi) is 6.78. The van der Waals surface area contributed by atoms with Gasteiger partial charge in [0.05, 0.1) is 18.9 Å². The SMILES string of the molecule is CC(C)c1noc(N2CCC(C3CC3COCc3ccc(N(C=N)N=N)cc3F)CC2)n1. The first kappa shape index (κ1) is 22.3. The quantitative estimate of drug-likeness (QED) is 0.237. The summed E-state index contributed by atoms with van der Waals surface area (Å²) in [6.45, 7) is 6.84. The molecule has 1 aromatic heterocycles. The number of rotatable bonds is 10. The fraction of sp³-hybridized carbons (Fsp3) is 0.591. The Hall–Kier alpha value is -2.88. The van der Waals surface area contributed by atoms with Gasteiger partial charge in [-0.05, 0) is 43.1 Å². The number of nitrogens with zero attached hydrogens (tertiary/aromatic N) is 5. The van der Waals surface area contributed by atoms with Crippen molar-refractivity contribution in [2.45, 2.75) is 45.6 Å². The minimum Gasteiger partial charge on any atom is -0.376 e. The molecular weight excluding hydrogens is 413 g/mol. The highest BCUT2D eigenvalue weighted by molar-refractivity contribution is 5.75. The molecule has 2 unspecified atom stereocenters. The predicted molar refractivity (Wildman–Crippen MR) is 117 cm³/mol. The van der Waals surface area contributed by atoms with Crippen molar-refractivity contribution >= 4 is 18.0 Å². The molecule has 2 fully saturated rings. The lowest BCUT2D eigenvalue weighted by Crippen LogP contribution is -2.34. The highest BCUT2D eigenvalue weighted by Crippen LogP contribution is 2.48. The molecule has 10 heteroatoms. The normalized spacial score (nSPS) is 21.1. The number of ether oxygens (including phenoxy) is 1. The van der Waals surface area contributed by atoms with Crippen LogP contribution in [0.1, 0.15) is 50.4 Å². The second-order valence-electron chi connectivity index (χ2n) is 8.94. The second-order valence-corrected chi connectivity index (χ2v) is 8.94. The van der Waals surface area contributed by atoms with E-state index in [9.17, 15) is 4.39 Å². The van der Waals surface area contributed by atoms with Gasteiger partial charge in [-0.15, -0.1) is 0 Å². The van der Waals surface area contributed by atoms with Crippen LogP contribution in [0.4, 0.5) is 16.1 Å². The van der Waals surface area contributed by atoms with Crippen molar-refractivity contribution in [3.63, 3.8) is 0 Å². The second kappa shape index (κ2) is 9.72. The molecule has 0 spiro atoms. The van der Waals surface area contributed by atoms with Crippen LogP contribution in [0.25, 0.3) is 0 Å². The van der Waals surface area contributed by atoms with E-state index in [0.717, 1.165) is 43.1 Å². The molecule has 2 N–H and O–H groups in total. The van der Waals surface area contributed by atoms with Crippen LogP contribution in [0.3, 0.4) is 0 Å². The molecule has 1 saturated carbocycles. The number of nitrogens with one attached hydrogen (secondary N) is 2. The number of hydrogen-bond acceptors (Lipinski definition) is 8. The van der Waals surface area contributed by atoms with Gasteiger partial charge in [0.1, 0.15) is 12.2 Å². The molecule has 2 heterocycles. The van der Waals surface area contributed by atoms with E-state index in [1.54, 1.807) is 12.1 Å². The summed E-state index contributed by atoms with van der Waals surface area (Å²) in [6, 6.07) is 5.15. The molecule has 2 atom stereocenters. The standard InChI is InChI=1S/C22H30FN7O2/c1-14(2)21-26-22(32-27-21)29-7-5-15(6-8-29)19-9-17(19)12-31-11-16-3-4-18(10-20(16)23)30(13-24)28-25/h3-4,10,13-15,17,19,24-25H,5-9,11-12H2,1-2H3. The third-order valence-corrected chi connectivity index (χ3v) is 6.46. The zero-order chi connectivity index (χ0) is 22.7. The lowest BCUT2D eigenvalue weighted by Gasteiger charge is -2.30. The summed E-state index contributed by atoms with van der Waals surface area (Å²) >= 11 is 0. The van der Waals surface area contributed by atoms with Crippen LogP contribution in [0.5, 0.6) is 0 Å². The van der Waals surface area contributed by atoms with Crippen molar-refractivity contribution in [3.8, 4) is 0 Å². The van der Waals surface area contributed by atoms with Crippen molar-refractivity contribution in [1.29, 1.82) is 10.9 Å². The first-order valence-electron chi connectivity index (χ1n) is 11.1. The topological polar surface area (TPSA) is 115 Å². The van der Waals surface area contributed by atoms with Crippen LogP contribution >= 0.6 is 0 Å². The minimum atomic E-state index is -0.417. The van der Waals surface area contributed by atoms with Crippen LogP contribution in [-0.2, 0) is 11.3 Å². The minimum absolute atomic E-state index is 0.214. The third kappa shape index (κ3) is 4.95. The fourth-order valence-electron chi connectivity index (χ4n) is 4.43. The average Bonchev–Trinajstić information content (AvgIpc) is 3.38. The summed E-state index contributed by atoms with van der Waals surface area (Å²) < 4.78 is 25.5. The van der Waals surface area contributed by atoms with Gasteiger partial charge in [-0.25, -0.2) is 9.40 Å². The first-order valence-corrected chi connectivity index (χ1v) is 11.1. The Balaban J connectivity index is 1.19. The van der Waals surface area contributed by atoms with E-state index in [4.69, 9.17) is 20.2 Å². The van der Waals surface area contributed by atoms with Gasteiger partial charge in [-0.1, -0.05) is 30.3 Å². The summed E-state index contributed by atoms with van der Waals surface area (Å²) in [4.78, 5) is 6.69. The van der Waals surface area contributed by atoms with Crippen molar-refractivity contribution in [3.05, 3.63) is 35.4 Å². The molecule has 0 amide bonds. The summed E-state index contributed by atoms with van der Waals surface area (Å²) in [6.07, 6.45) is 4.26. The molecule has 0 bridgehead atoms. The van der Waals surface area contributed by atoms with E-state index in [1.165, 1.54) is 12.5 Å². The van der Waals surface area contributed by atoms with Crippen LogP contribution in [0, 0.1) is 34.5 Å². The number of aromatic nitrogens is 2. The zero-order valence-corrected chi connectivity index (χ0v) is 18.5. The van der Waals surface area contributed by atoms with Crippen LogP contribution in [0.15, 0.2) is 27.9 Å². The molecule has 32 heavy (non-hydrogen) atoms. The third-order valence-electron chi connectivity index (χ3n) is 6.46. The van der Waals surface area contributed by atoms with E-state index >= 15 is 0 Å². The maximum atomic E-state index is 14.3. The van der Waals surface area contributed by atoms with E-state index in [1.807, 2.05) is 0 Å². The highest BCUT2D eigenvalue weighted by atomic mass is 19.1.